The zero-order chi connectivity index (χ0) is 16.8. The number of carboxylic acid groups (broad SMARTS) is 1. The lowest BCUT2D eigenvalue weighted by molar-refractivity contribution is -0.139. The van der Waals surface area contributed by atoms with E-state index in [0.29, 0.717) is 5.56 Å². The van der Waals surface area contributed by atoms with Crippen molar-refractivity contribution in [3.05, 3.63) is 45.9 Å². The first-order chi connectivity index (χ1) is 11.0. The summed E-state index contributed by atoms with van der Waals surface area (Å²) < 4.78 is 12.5. The average molecular weight is 354 g/mol. The van der Waals surface area contributed by atoms with Crippen LogP contribution in [-0.4, -0.2) is 34.7 Å². The monoisotopic (exact) mass is 354 g/mol. The number of rotatable bonds is 7. The summed E-state index contributed by atoms with van der Waals surface area (Å²) in [6, 6.07) is 5.18. The molecule has 122 valence electrons. The molecule has 1 heterocycles. The van der Waals surface area contributed by atoms with E-state index in [4.69, 9.17) is 5.11 Å². The molecule has 2 rings (SSSR count). The molecule has 8 heteroatoms. The Kier molecular flexibility index (Phi) is 6.12. The zero-order valence-electron chi connectivity index (χ0n) is 12.3. The molecule has 0 saturated carbocycles. The van der Waals surface area contributed by atoms with E-state index in [1.165, 1.54) is 0 Å². The van der Waals surface area contributed by atoms with Crippen molar-refractivity contribution in [3.8, 4) is 0 Å². The molecule has 2 N–H and O–H groups in total. The topological polar surface area (TPSA) is 79.3 Å². The van der Waals surface area contributed by atoms with Crippen LogP contribution in [0.25, 0.3) is 0 Å². The predicted octanol–water partition coefficient (Wildman–Crippen LogP) is 2.90. The molecule has 0 spiro atoms. The molecule has 23 heavy (non-hydrogen) atoms. The third-order valence-electron chi connectivity index (χ3n) is 2.93. The van der Waals surface area contributed by atoms with Crippen LogP contribution >= 0.6 is 23.1 Å². The lowest BCUT2D eigenvalue weighted by Crippen LogP contribution is -2.42. The smallest absolute Gasteiger partial charge is 0.328 e. The van der Waals surface area contributed by atoms with Gasteiger partial charge in [-0.15, -0.1) is 23.1 Å². The molecule has 0 aliphatic heterocycles. The molecule has 1 aromatic heterocycles. The number of carbonyl (C=O) groups excluding carboxylic acids is 1. The first-order valence-corrected chi connectivity index (χ1v) is 8.59. The number of nitrogens with zero attached hydrogens (tertiary/aromatic N) is 1. The lowest BCUT2D eigenvalue weighted by Gasteiger charge is -2.10. The number of aliphatic carboxylic acids is 1. The average Bonchev–Trinajstić information content (AvgIpc) is 2.96. The maximum atomic E-state index is 12.5. The van der Waals surface area contributed by atoms with Gasteiger partial charge in [0.1, 0.15) is 6.67 Å². The number of halogens is 1. The molecule has 1 atom stereocenters. The number of nitrogens with one attached hydrogen (secondary N) is 1. The number of aromatic nitrogens is 1. The van der Waals surface area contributed by atoms with Crippen molar-refractivity contribution in [1.82, 2.24) is 10.3 Å². The molecular formula is C15H15FN2O3S2. The first-order valence-electron chi connectivity index (χ1n) is 6.73. The largest absolute Gasteiger partial charge is 0.480 e. The third-order valence-corrected chi connectivity index (χ3v) is 4.80. The molecule has 0 aliphatic carbocycles. The van der Waals surface area contributed by atoms with Crippen molar-refractivity contribution in [1.29, 1.82) is 0 Å². The summed E-state index contributed by atoms with van der Waals surface area (Å²) in [6.45, 7) is 0.802. The molecule has 0 bridgehead atoms. The van der Waals surface area contributed by atoms with E-state index < -0.39 is 24.6 Å². The summed E-state index contributed by atoms with van der Waals surface area (Å²) in [5, 5.41) is 13.9. The Morgan fingerprint density at radius 1 is 1.39 bits per heavy atom. The van der Waals surface area contributed by atoms with Gasteiger partial charge < -0.3 is 10.4 Å². The first kappa shape index (κ1) is 17.4. The summed E-state index contributed by atoms with van der Waals surface area (Å²) in [7, 11) is 0. The number of aryl methyl sites for hydroxylation is 1. The van der Waals surface area contributed by atoms with Crippen LogP contribution < -0.4 is 5.32 Å². The van der Waals surface area contributed by atoms with Crippen molar-refractivity contribution < 1.29 is 19.1 Å². The van der Waals surface area contributed by atoms with Gasteiger partial charge in [0, 0.05) is 21.6 Å². The number of carboxylic acids is 1. The van der Waals surface area contributed by atoms with Crippen LogP contribution in [0.5, 0.6) is 0 Å². The van der Waals surface area contributed by atoms with Crippen LogP contribution in [0.1, 0.15) is 21.1 Å². The number of hydrogen-bond acceptors (Lipinski definition) is 5. The van der Waals surface area contributed by atoms with Crippen molar-refractivity contribution in [2.45, 2.75) is 23.6 Å². The summed E-state index contributed by atoms with van der Waals surface area (Å²) in [5.41, 5.74) is 1.30. The highest BCUT2D eigenvalue weighted by atomic mass is 32.2. The van der Waals surface area contributed by atoms with E-state index in [1.54, 1.807) is 47.4 Å². The highest BCUT2D eigenvalue weighted by molar-refractivity contribution is 7.98. The second kappa shape index (κ2) is 8.07. The Hall–Kier alpha value is -1.93. The SMILES string of the molecule is Cc1nc(CSc2ccc(C(=O)NC(CF)C(=O)O)cc2)cs1. The van der Waals surface area contributed by atoms with E-state index in [-0.39, 0.29) is 0 Å². The Bertz CT molecular complexity index is 688. The van der Waals surface area contributed by atoms with Gasteiger partial charge >= 0.3 is 5.97 Å². The third kappa shape index (κ3) is 5.04. The van der Waals surface area contributed by atoms with Crippen molar-refractivity contribution >= 4 is 35.0 Å². The minimum absolute atomic E-state index is 0.290. The second-order valence-electron chi connectivity index (χ2n) is 4.69. The number of carbonyl (C=O) groups is 2. The molecule has 0 aliphatic rings. The Balaban J connectivity index is 1.93. The van der Waals surface area contributed by atoms with Gasteiger partial charge in [0.05, 0.1) is 10.7 Å². The van der Waals surface area contributed by atoms with Gasteiger partial charge in [-0.3, -0.25) is 4.79 Å². The van der Waals surface area contributed by atoms with Gasteiger partial charge in [-0.2, -0.15) is 0 Å². The minimum atomic E-state index is -1.52. The van der Waals surface area contributed by atoms with E-state index in [9.17, 15) is 14.0 Å². The molecule has 0 fully saturated rings. The molecule has 1 aromatic carbocycles. The molecule has 2 aromatic rings. The van der Waals surface area contributed by atoms with Gasteiger partial charge in [-0.1, -0.05) is 0 Å². The number of benzene rings is 1. The predicted molar refractivity (Wildman–Crippen MR) is 87.7 cm³/mol. The number of thiazole rings is 1. The fraction of sp³-hybridized carbons (Fsp3) is 0.267. The Morgan fingerprint density at radius 2 is 2.09 bits per heavy atom. The molecule has 0 saturated heterocycles. The van der Waals surface area contributed by atoms with Crippen LogP contribution in [0.4, 0.5) is 4.39 Å². The van der Waals surface area contributed by atoms with E-state index >= 15 is 0 Å². The lowest BCUT2D eigenvalue weighted by atomic mass is 10.2. The van der Waals surface area contributed by atoms with Gasteiger partial charge in [-0.05, 0) is 31.2 Å². The summed E-state index contributed by atoms with van der Waals surface area (Å²) >= 11 is 3.19. The van der Waals surface area contributed by atoms with Crippen LogP contribution in [0.15, 0.2) is 34.5 Å². The van der Waals surface area contributed by atoms with Gasteiger partial charge in [0.25, 0.3) is 5.91 Å². The van der Waals surface area contributed by atoms with Crippen LogP contribution in [-0.2, 0) is 10.5 Å². The van der Waals surface area contributed by atoms with E-state index in [1.807, 2.05) is 12.3 Å². The highest BCUT2D eigenvalue weighted by Gasteiger charge is 2.20. The molecule has 1 unspecified atom stereocenters. The number of thioether (sulfide) groups is 1. The van der Waals surface area contributed by atoms with Crippen LogP contribution in [0.3, 0.4) is 0 Å². The maximum absolute atomic E-state index is 12.5. The van der Waals surface area contributed by atoms with Crippen molar-refractivity contribution in [2.75, 3.05) is 6.67 Å². The molecule has 1 amide bonds. The quantitative estimate of drug-likeness (QED) is 0.748. The van der Waals surface area contributed by atoms with Gasteiger partial charge in [0.2, 0.25) is 0 Å². The van der Waals surface area contributed by atoms with Crippen LogP contribution in [0.2, 0.25) is 0 Å². The molecular weight excluding hydrogens is 339 g/mol. The van der Waals surface area contributed by atoms with Gasteiger partial charge in [-0.25, -0.2) is 14.2 Å². The number of hydrogen-bond donors (Lipinski definition) is 2. The fourth-order valence-corrected chi connectivity index (χ4v) is 3.25. The summed E-state index contributed by atoms with van der Waals surface area (Å²) in [5.74, 6) is -1.27. The summed E-state index contributed by atoms with van der Waals surface area (Å²) in [4.78, 5) is 27.9. The van der Waals surface area contributed by atoms with Crippen LogP contribution in [0, 0.1) is 6.92 Å². The van der Waals surface area contributed by atoms with Crippen molar-refractivity contribution in [3.63, 3.8) is 0 Å². The number of amides is 1. The molecule has 0 radical (unpaired) electrons. The molecule has 5 nitrogen and oxygen atoms in total. The number of alkyl halides is 1. The maximum Gasteiger partial charge on any atom is 0.328 e. The Labute approximate surface area is 140 Å². The summed E-state index contributed by atoms with van der Waals surface area (Å²) in [6.07, 6.45) is 0. The minimum Gasteiger partial charge on any atom is -0.480 e. The standard InChI is InChI=1S/C15H15FN2O3S2/c1-9-17-11(7-22-9)8-23-12-4-2-10(3-5-12)14(19)18-13(6-16)15(20)21/h2-5,7,13H,6,8H2,1H3,(H,18,19)(H,20,21). The fourth-order valence-electron chi connectivity index (χ4n) is 1.74. The highest BCUT2D eigenvalue weighted by Crippen LogP contribution is 2.23. The van der Waals surface area contributed by atoms with E-state index in [2.05, 4.69) is 10.3 Å². The normalized spacial score (nSPS) is 11.9. The Morgan fingerprint density at radius 3 is 2.61 bits per heavy atom. The van der Waals surface area contributed by atoms with E-state index in [0.717, 1.165) is 21.3 Å². The van der Waals surface area contributed by atoms with Crippen molar-refractivity contribution in [2.24, 2.45) is 0 Å². The zero-order valence-corrected chi connectivity index (χ0v) is 13.9. The van der Waals surface area contributed by atoms with Gasteiger partial charge in [0.15, 0.2) is 6.04 Å². The second-order valence-corrected chi connectivity index (χ2v) is 6.80.